The summed E-state index contributed by atoms with van der Waals surface area (Å²) >= 11 is 0. The molecule has 0 bridgehead atoms. The van der Waals surface area contributed by atoms with Crippen molar-refractivity contribution in [2.45, 2.75) is 50.0 Å². The molecule has 3 aliphatic rings. The summed E-state index contributed by atoms with van der Waals surface area (Å²) < 4.78 is 27.6. The number of benzene rings is 1. The van der Waals surface area contributed by atoms with E-state index in [4.69, 9.17) is 0 Å². The van der Waals surface area contributed by atoms with Crippen LogP contribution in [0.15, 0.2) is 23.1 Å². The minimum atomic E-state index is -3.61. The maximum Gasteiger partial charge on any atom is 0.322 e. The lowest BCUT2D eigenvalue weighted by Crippen LogP contribution is -2.54. The molecule has 0 atom stereocenters. The van der Waals surface area contributed by atoms with Gasteiger partial charge in [0, 0.05) is 32.1 Å². The van der Waals surface area contributed by atoms with Crippen molar-refractivity contribution in [2.24, 2.45) is 5.92 Å². The van der Waals surface area contributed by atoms with Crippen molar-refractivity contribution in [2.75, 3.05) is 26.2 Å². The van der Waals surface area contributed by atoms with Crippen molar-refractivity contribution in [1.29, 1.82) is 0 Å². The van der Waals surface area contributed by atoms with Crippen molar-refractivity contribution in [3.8, 4) is 0 Å². The van der Waals surface area contributed by atoms with Crippen molar-refractivity contribution < 1.29 is 22.8 Å². The van der Waals surface area contributed by atoms with Gasteiger partial charge >= 0.3 is 6.03 Å². The van der Waals surface area contributed by atoms with Crippen LogP contribution in [0.3, 0.4) is 0 Å². The molecule has 2 N–H and O–H groups in total. The highest BCUT2D eigenvalue weighted by molar-refractivity contribution is 7.89. The minimum absolute atomic E-state index is 0.00312. The molecule has 4 rings (SSSR count). The Morgan fingerprint density at radius 3 is 2.29 bits per heavy atom. The summed E-state index contributed by atoms with van der Waals surface area (Å²) in [4.78, 5) is 38.6. The number of piperazine rings is 1. The van der Waals surface area contributed by atoms with Gasteiger partial charge < -0.3 is 10.2 Å². The second-order valence-corrected chi connectivity index (χ2v) is 10.7. The summed E-state index contributed by atoms with van der Waals surface area (Å²) in [5.74, 6) is -0.518. The topological polar surface area (TPSA) is 116 Å². The third-order valence-electron chi connectivity index (χ3n) is 6.71. The molecule has 2 heterocycles. The first-order chi connectivity index (χ1) is 14.6. The van der Waals surface area contributed by atoms with E-state index in [0.717, 1.165) is 5.56 Å². The molecule has 3 fully saturated rings. The van der Waals surface area contributed by atoms with Crippen LogP contribution < -0.4 is 10.6 Å². The van der Waals surface area contributed by atoms with Crippen LogP contribution in [0, 0.1) is 19.8 Å². The number of sulfonamides is 1. The third-order valence-corrected chi connectivity index (χ3v) is 8.76. The smallest absolute Gasteiger partial charge is 0.322 e. The molecule has 0 unspecified atom stereocenters. The fourth-order valence-corrected chi connectivity index (χ4v) is 6.50. The van der Waals surface area contributed by atoms with Crippen molar-refractivity contribution in [3.63, 3.8) is 0 Å². The fourth-order valence-electron chi connectivity index (χ4n) is 4.77. The van der Waals surface area contributed by atoms with Gasteiger partial charge in [0.1, 0.15) is 5.54 Å². The van der Waals surface area contributed by atoms with Gasteiger partial charge in [-0.05, 0) is 56.7 Å². The van der Waals surface area contributed by atoms with Crippen LogP contribution in [-0.2, 0) is 19.6 Å². The van der Waals surface area contributed by atoms with Gasteiger partial charge in [0.2, 0.25) is 15.9 Å². The van der Waals surface area contributed by atoms with Crippen molar-refractivity contribution in [1.82, 2.24) is 19.8 Å². The number of carbonyl (C=O) groups excluding carboxylic acids is 3. The van der Waals surface area contributed by atoms with Gasteiger partial charge in [-0.25, -0.2) is 13.2 Å². The number of aryl methyl sites for hydroxylation is 2. The Hall–Kier alpha value is -2.46. The van der Waals surface area contributed by atoms with E-state index in [2.05, 4.69) is 10.6 Å². The predicted molar refractivity (Wildman–Crippen MR) is 113 cm³/mol. The molecule has 1 aromatic carbocycles. The standard InChI is InChI=1S/C21H28N4O5S/c1-14-3-4-15(2)17(13-14)31(29,30)25-11-9-24(10-12-25)18(26)16-5-7-21(8-6-16)19(27)22-20(28)23-21/h3-4,13,16H,5-12H2,1-2H3,(H2,22,23,27,28). The second-order valence-electron chi connectivity index (χ2n) is 8.76. The summed E-state index contributed by atoms with van der Waals surface area (Å²) in [6.07, 6.45) is 1.91. The number of imide groups is 1. The van der Waals surface area contributed by atoms with Crippen LogP contribution in [0.4, 0.5) is 4.79 Å². The molecule has 10 heteroatoms. The molecule has 9 nitrogen and oxygen atoms in total. The average Bonchev–Trinajstić information content (AvgIpc) is 3.02. The Kier molecular flexibility index (Phi) is 5.55. The van der Waals surface area contributed by atoms with Gasteiger partial charge in [0.05, 0.1) is 4.90 Å². The van der Waals surface area contributed by atoms with Gasteiger partial charge in [-0.2, -0.15) is 4.31 Å². The quantitative estimate of drug-likeness (QED) is 0.667. The number of carbonyl (C=O) groups is 3. The Morgan fingerprint density at radius 2 is 1.71 bits per heavy atom. The lowest BCUT2D eigenvalue weighted by atomic mass is 9.76. The average molecular weight is 449 g/mol. The van der Waals surface area contributed by atoms with E-state index in [-0.39, 0.29) is 30.8 Å². The van der Waals surface area contributed by atoms with Gasteiger partial charge in [-0.3, -0.25) is 14.9 Å². The van der Waals surface area contributed by atoms with Crippen molar-refractivity contribution >= 4 is 27.9 Å². The highest BCUT2D eigenvalue weighted by atomic mass is 32.2. The summed E-state index contributed by atoms with van der Waals surface area (Å²) in [6.45, 7) is 4.87. The summed E-state index contributed by atoms with van der Waals surface area (Å²) in [7, 11) is -3.61. The number of urea groups is 1. The van der Waals surface area contributed by atoms with Crippen LogP contribution in [-0.4, -0.2) is 67.2 Å². The molecule has 31 heavy (non-hydrogen) atoms. The van der Waals surface area contributed by atoms with E-state index in [0.29, 0.717) is 49.2 Å². The molecule has 1 aliphatic carbocycles. The maximum absolute atomic E-state index is 13.1. The first-order valence-corrected chi connectivity index (χ1v) is 12.1. The minimum Gasteiger partial charge on any atom is -0.340 e. The fraction of sp³-hybridized carbons (Fsp3) is 0.571. The summed E-state index contributed by atoms with van der Waals surface area (Å²) in [6, 6.07) is 4.92. The Labute approximate surface area is 182 Å². The second kappa shape index (κ2) is 7.90. The van der Waals surface area contributed by atoms with Gasteiger partial charge in [-0.15, -0.1) is 0 Å². The van der Waals surface area contributed by atoms with Crippen LogP contribution >= 0.6 is 0 Å². The Morgan fingerprint density at radius 1 is 1.06 bits per heavy atom. The summed E-state index contributed by atoms with van der Waals surface area (Å²) in [5.41, 5.74) is 0.718. The molecule has 1 aromatic rings. The van der Waals surface area contributed by atoms with E-state index in [9.17, 15) is 22.8 Å². The van der Waals surface area contributed by atoms with Crippen LogP contribution in [0.1, 0.15) is 36.8 Å². The van der Waals surface area contributed by atoms with E-state index < -0.39 is 21.6 Å². The van der Waals surface area contributed by atoms with E-state index in [1.807, 2.05) is 19.1 Å². The number of hydrogen-bond donors (Lipinski definition) is 2. The third kappa shape index (κ3) is 3.94. The number of nitrogens with one attached hydrogen (secondary N) is 2. The number of nitrogens with zero attached hydrogens (tertiary/aromatic N) is 2. The summed E-state index contributed by atoms with van der Waals surface area (Å²) in [5, 5.41) is 4.98. The molecule has 2 aliphatic heterocycles. The molecular formula is C21H28N4O5S. The van der Waals surface area contributed by atoms with E-state index in [1.165, 1.54) is 4.31 Å². The number of amides is 4. The molecule has 4 amide bonds. The molecular weight excluding hydrogens is 420 g/mol. The Bertz CT molecular complexity index is 1020. The van der Waals surface area contributed by atoms with Crippen LogP contribution in [0.2, 0.25) is 0 Å². The van der Waals surface area contributed by atoms with Gasteiger partial charge in [0.15, 0.2) is 0 Å². The van der Waals surface area contributed by atoms with E-state index in [1.54, 1.807) is 17.9 Å². The molecule has 2 saturated heterocycles. The van der Waals surface area contributed by atoms with Gasteiger partial charge in [-0.1, -0.05) is 12.1 Å². The largest absolute Gasteiger partial charge is 0.340 e. The van der Waals surface area contributed by atoms with Crippen LogP contribution in [0.5, 0.6) is 0 Å². The van der Waals surface area contributed by atoms with E-state index >= 15 is 0 Å². The highest BCUT2D eigenvalue weighted by Gasteiger charge is 2.49. The lowest BCUT2D eigenvalue weighted by molar-refractivity contribution is -0.139. The maximum atomic E-state index is 13.1. The SMILES string of the molecule is Cc1ccc(C)c(S(=O)(=O)N2CCN(C(=O)C3CCC4(CC3)NC(=O)NC4=O)CC2)c1. The lowest BCUT2D eigenvalue weighted by Gasteiger charge is -2.39. The first kappa shape index (κ1) is 21.8. The molecule has 0 radical (unpaired) electrons. The first-order valence-electron chi connectivity index (χ1n) is 10.6. The van der Waals surface area contributed by atoms with Gasteiger partial charge in [0.25, 0.3) is 5.91 Å². The monoisotopic (exact) mass is 448 g/mol. The zero-order chi connectivity index (χ0) is 22.4. The molecule has 1 saturated carbocycles. The molecule has 1 spiro atoms. The normalized spacial score (nSPS) is 27.3. The zero-order valence-corrected chi connectivity index (χ0v) is 18.6. The number of hydrogen-bond acceptors (Lipinski definition) is 5. The number of rotatable bonds is 3. The highest BCUT2D eigenvalue weighted by Crippen LogP contribution is 2.35. The molecule has 168 valence electrons. The predicted octanol–water partition coefficient (Wildman–Crippen LogP) is 0.905. The Balaban J connectivity index is 1.36. The zero-order valence-electron chi connectivity index (χ0n) is 17.8. The molecule has 0 aromatic heterocycles. The van der Waals surface area contributed by atoms with Crippen molar-refractivity contribution in [3.05, 3.63) is 29.3 Å². The van der Waals surface area contributed by atoms with Crippen LogP contribution in [0.25, 0.3) is 0 Å².